The summed E-state index contributed by atoms with van der Waals surface area (Å²) in [4.78, 5) is 13.7. The minimum absolute atomic E-state index is 0.155. The second-order valence-electron chi connectivity index (χ2n) is 4.91. The van der Waals surface area contributed by atoms with Gasteiger partial charge in [-0.25, -0.2) is 0 Å². The fourth-order valence-electron chi connectivity index (χ4n) is 2.43. The Morgan fingerprint density at radius 3 is 2.71 bits per heavy atom. The normalized spacial score (nSPS) is 17.4. The van der Waals surface area contributed by atoms with Gasteiger partial charge in [-0.2, -0.15) is 0 Å². The first-order valence-electron chi connectivity index (χ1n) is 6.77. The van der Waals surface area contributed by atoms with Gasteiger partial charge >= 0.3 is 0 Å². The lowest BCUT2D eigenvalue weighted by Crippen LogP contribution is -2.35. The van der Waals surface area contributed by atoms with E-state index in [9.17, 15) is 4.79 Å². The molecule has 1 amide bonds. The molecule has 0 aliphatic heterocycles. The molecule has 4 heteroatoms. The van der Waals surface area contributed by atoms with Crippen molar-refractivity contribution in [2.24, 2.45) is 0 Å². The molecule has 0 atom stereocenters. The number of rotatable bonds is 7. The van der Waals surface area contributed by atoms with E-state index >= 15 is 0 Å². The second kappa shape index (κ2) is 8.92. The van der Waals surface area contributed by atoms with Gasteiger partial charge in [0.05, 0.1) is 0 Å². The van der Waals surface area contributed by atoms with Crippen LogP contribution in [0.4, 0.5) is 0 Å². The molecular formula is C13H25BrN2O. The van der Waals surface area contributed by atoms with Crippen molar-refractivity contribution in [3.63, 3.8) is 0 Å². The molecule has 3 nitrogen and oxygen atoms in total. The summed E-state index contributed by atoms with van der Waals surface area (Å²) in [7, 11) is 2.22. The highest BCUT2D eigenvalue weighted by Gasteiger charge is 2.17. The van der Waals surface area contributed by atoms with Gasteiger partial charge in [0.1, 0.15) is 0 Å². The van der Waals surface area contributed by atoms with Crippen LogP contribution in [0.25, 0.3) is 0 Å². The molecule has 0 aromatic carbocycles. The Morgan fingerprint density at radius 2 is 2.06 bits per heavy atom. The Hall–Kier alpha value is -0.0900. The molecule has 1 aliphatic rings. The van der Waals surface area contributed by atoms with E-state index in [1.165, 1.54) is 32.1 Å². The average Bonchev–Trinajstić information content (AvgIpc) is 2.36. The Kier molecular flexibility index (Phi) is 7.86. The van der Waals surface area contributed by atoms with Crippen molar-refractivity contribution in [2.75, 3.05) is 25.5 Å². The zero-order valence-electron chi connectivity index (χ0n) is 10.9. The molecule has 100 valence electrons. The SMILES string of the molecule is CN(CCCNC(=O)CCBr)C1CCCCC1. The van der Waals surface area contributed by atoms with Crippen molar-refractivity contribution in [1.82, 2.24) is 10.2 Å². The van der Waals surface area contributed by atoms with Crippen LogP contribution in [0.5, 0.6) is 0 Å². The van der Waals surface area contributed by atoms with E-state index in [2.05, 4.69) is 33.2 Å². The number of hydrogen-bond acceptors (Lipinski definition) is 2. The fraction of sp³-hybridized carbons (Fsp3) is 0.923. The summed E-state index contributed by atoms with van der Waals surface area (Å²) in [6.07, 6.45) is 8.53. The minimum atomic E-state index is 0.155. The molecule has 1 N–H and O–H groups in total. The Morgan fingerprint density at radius 1 is 1.35 bits per heavy atom. The summed E-state index contributed by atoms with van der Waals surface area (Å²) >= 11 is 3.27. The summed E-state index contributed by atoms with van der Waals surface area (Å²) in [5.74, 6) is 0.155. The van der Waals surface area contributed by atoms with E-state index in [-0.39, 0.29) is 5.91 Å². The van der Waals surface area contributed by atoms with Crippen LogP contribution < -0.4 is 5.32 Å². The third-order valence-corrected chi connectivity index (χ3v) is 3.93. The quantitative estimate of drug-likeness (QED) is 0.579. The van der Waals surface area contributed by atoms with Gasteiger partial charge < -0.3 is 10.2 Å². The van der Waals surface area contributed by atoms with Crippen molar-refractivity contribution in [2.45, 2.75) is 51.0 Å². The highest BCUT2D eigenvalue weighted by atomic mass is 79.9. The average molecular weight is 305 g/mol. The maximum atomic E-state index is 11.2. The number of carbonyl (C=O) groups excluding carboxylic acids is 1. The van der Waals surface area contributed by atoms with Gasteiger partial charge in [0.2, 0.25) is 5.91 Å². The Labute approximate surface area is 113 Å². The highest BCUT2D eigenvalue weighted by Crippen LogP contribution is 2.21. The second-order valence-corrected chi connectivity index (χ2v) is 5.71. The number of alkyl halides is 1. The molecule has 0 unspecified atom stereocenters. The van der Waals surface area contributed by atoms with Gasteiger partial charge in [-0.15, -0.1) is 0 Å². The van der Waals surface area contributed by atoms with Crippen LogP contribution in [0.2, 0.25) is 0 Å². The van der Waals surface area contributed by atoms with E-state index in [4.69, 9.17) is 0 Å². The lowest BCUT2D eigenvalue weighted by molar-refractivity contribution is -0.120. The zero-order valence-corrected chi connectivity index (χ0v) is 12.5. The lowest BCUT2D eigenvalue weighted by atomic mass is 9.94. The molecule has 1 rings (SSSR count). The Balaban J connectivity index is 2.03. The summed E-state index contributed by atoms with van der Waals surface area (Å²) in [5, 5.41) is 3.70. The summed E-state index contributed by atoms with van der Waals surface area (Å²) < 4.78 is 0. The molecule has 0 radical (unpaired) electrons. The molecule has 17 heavy (non-hydrogen) atoms. The number of carbonyl (C=O) groups is 1. The first-order chi connectivity index (χ1) is 8.24. The third-order valence-electron chi connectivity index (χ3n) is 3.53. The van der Waals surface area contributed by atoms with Gasteiger partial charge in [0.25, 0.3) is 0 Å². The van der Waals surface area contributed by atoms with Crippen molar-refractivity contribution in [3.8, 4) is 0 Å². The molecule has 0 aromatic rings. The monoisotopic (exact) mass is 304 g/mol. The van der Waals surface area contributed by atoms with E-state index in [0.29, 0.717) is 6.42 Å². The smallest absolute Gasteiger partial charge is 0.220 e. The van der Waals surface area contributed by atoms with Crippen LogP contribution in [0.15, 0.2) is 0 Å². The first kappa shape index (κ1) is 15.0. The van der Waals surface area contributed by atoms with Gasteiger partial charge in [-0.3, -0.25) is 4.79 Å². The van der Waals surface area contributed by atoms with Crippen LogP contribution >= 0.6 is 15.9 Å². The molecule has 0 aromatic heterocycles. The molecule has 0 spiro atoms. The predicted molar refractivity (Wildman–Crippen MR) is 75.5 cm³/mol. The fourth-order valence-corrected chi connectivity index (χ4v) is 2.79. The minimum Gasteiger partial charge on any atom is -0.356 e. The van der Waals surface area contributed by atoms with Crippen molar-refractivity contribution < 1.29 is 4.79 Å². The third kappa shape index (κ3) is 6.41. The van der Waals surface area contributed by atoms with E-state index < -0.39 is 0 Å². The standard InChI is InChI=1S/C13H25BrN2O/c1-16(12-6-3-2-4-7-12)11-5-10-15-13(17)8-9-14/h12H,2-11H2,1H3,(H,15,17). The summed E-state index contributed by atoms with van der Waals surface area (Å²) in [5.41, 5.74) is 0. The molecule has 1 aliphatic carbocycles. The van der Waals surface area contributed by atoms with E-state index in [1.807, 2.05) is 0 Å². The van der Waals surface area contributed by atoms with E-state index in [1.54, 1.807) is 0 Å². The van der Waals surface area contributed by atoms with Crippen molar-refractivity contribution >= 4 is 21.8 Å². The van der Waals surface area contributed by atoms with Crippen molar-refractivity contribution in [1.29, 1.82) is 0 Å². The van der Waals surface area contributed by atoms with Gasteiger partial charge in [-0.1, -0.05) is 35.2 Å². The van der Waals surface area contributed by atoms with Crippen LogP contribution in [0.1, 0.15) is 44.9 Å². The molecule has 1 saturated carbocycles. The highest BCUT2D eigenvalue weighted by molar-refractivity contribution is 9.09. The van der Waals surface area contributed by atoms with Crippen LogP contribution in [0, 0.1) is 0 Å². The summed E-state index contributed by atoms with van der Waals surface area (Å²) in [6.45, 7) is 1.90. The first-order valence-corrected chi connectivity index (χ1v) is 7.89. The number of nitrogens with zero attached hydrogens (tertiary/aromatic N) is 1. The Bertz CT molecular complexity index is 217. The van der Waals surface area contributed by atoms with Gasteiger partial charge in [-0.05, 0) is 32.9 Å². The van der Waals surface area contributed by atoms with Crippen LogP contribution in [0.3, 0.4) is 0 Å². The summed E-state index contributed by atoms with van der Waals surface area (Å²) in [6, 6.07) is 0.780. The molecule has 0 heterocycles. The predicted octanol–water partition coefficient (Wildman–Crippen LogP) is 2.54. The van der Waals surface area contributed by atoms with Crippen LogP contribution in [-0.2, 0) is 4.79 Å². The number of amides is 1. The molecule has 1 fully saturated rings. The molecular weight excluding hydrogens is 280 g/mol. The van der Waals surface area contributed by atoms with Gasteiger partial charge in [0.15, 0.2) is 0 Å². The number of halogens is 1. The lowest BCUT2D eigenvalue weighted by Gasteiger charge is -2.31. The molecule has 0 saturated heterocycles. The largest absolute Gasteiger partial charge is 0.356 e. The molecule has 0 bridgehead atoms. The van der Waals surface area contributed by atoms with E-state index in [0.717, 1.165) is 30.9 Å². The van der Waals surface area contributed by atoms with Crippen LogP contribution in [-0.4, -0.2) is 42.3 Å². The van der Waals surface area contributed by atoms with Gasteiger partial charge in [0, 0.05) is 24.3 Å². The topological polar surface area (TPSA) is 32.3 Å². The maximum absolute atomic E-state index is 11.2. The maximum Gasteiger partial charge on any atom is 0.220 e. The number of nitrogens with one attached hydrogen (secondary N) is 1. The van der Waals surface area contributed by atoms with Crippen molar-refractivity contribution in [3.05, 3.63) is 0 Å². The zero-order chi connectivity index (χ0) is 12.5. The number of hydrogen-bond donors (Lipinski definition) is 1.